The molecule has 0 atom stereocenters. The number of methoxy groups -OCH3 is 1. The van der Waals surface area contributed by atoms with Gasteiger partial charge in [0.05, 0.1) is 30.2 Å². The van der Waals surface area contributed by atoms with E-state index in [2.05, 4.69) is 25.5 Å². The number of nitrogens with zero attached hydrogens (tertiary/aromatic N) is 3. The molecule has 3 rings (SSSR count). The third-order valence-corrected chi connectivity index (χ3v) is 3.79. The van der Waals surface area contributed by atoms with Gasteiger partial charge in [0.25, 0.3) is 0 Å². The summed E-state index contributed by atoms with van der Waals surface area (Å²) in [5.41, 5.74) is 14.4. The van der Waals surface area contributed by atoms with Crippen LogP contribution in [-0.4, -0.2) is 33.3 Å². The average molecular weight is 376 g/mol. The van der Waals surface area contributed by atoms with Crippen LogP contribution in [0, 0.1) is 0 Å². The molecule has 24 heavy (non-hydrogen) atoms. The second kappa shape index (κ2) is 9.03. The van der Waals surface area contributed by atoms with E-state index in [4.69, 9.17) is 16.2 Å². The molecule has 1 aliphatic carbocycles. The average Bonchev–Trinajstić information content (AvgIpc) is 2.89. The molecule has 1 saturated carbocycles. The maximum absolute atomic E-state index is 5.83. The van der Waals surface area contributed by atoms with Crippen LogP contribution >= 0.6 is 24.8 Å². The summed E-state index contributed by atoms with van der Waals surface area (Å²) in [6.45, 7) is 1.07. The monoisotopic (exact) mass is 375 g/mol. The number of ether oxygens (including phenoxy) is 1. The van der Waals surface area contributed by atoms with Gasteiger partial charge in [0.2, 0.25) is 5.95 Å². The van der Waals surface area contributed by atoms with Gasteiger partial charge in [-0.1, -0.05) is 0 Å². The van der Waals surface area contributed by atoms with Crippen molar-refractivity contribution < 1.29 is 4.74 Å². The van der Waals surface area contributed by atoms with Gasteiger partial charge in [0.1, 0.15) is 5.82 Å². The number of hydrogen-bond acceptors (Lipinski definition) is 7. The van der Waals surface area contributed by atoms with Crippen molar-refractivity contribution >= 4 is 36.6 Å². The summed E-state index contributed by atoms with van der Waals surface area (Å²) in [7, 11) is 1.64. The predicted molar refractivity (Wildman–Crippen MR) is 97.5 cm³/mol. The molecule has 0 aliphatic heterocycles. The van der Waals surface area contributed by atoms with E-state index in [1.165, 1.54) is 0 Å². The van der Waals surface area contributed by atoms with Crippen molar-refractivity contribution in [3.8, 4) is 0 Å². The number of hydrogen-bond donors (Lipinski definition) is 4. The Labute approximate surface area is 153 Å². The molecule has 0 bridgehead atoms. The SMILES string of the molecule is COCc1cc(CNc2cc(C3CC(N)C3)nc(N)n2)[nH]n1.Cl.Cl. The van der Waals surface area contributed by atoms with Gasteiger partial charge in [-0.25, -0.2) is 4.98 Å². The van der Waals surface area contributed by atoms with E-state index in [1.807, 2.05) is 12.1 Å². The Morgan fingerprint density at radius 1 is 1.29 bits per heavy atom. The van der Waals surface area contributed by atoms with Gasteiger partial charge in [-0.3, -0.25) is 5.10 Å². The van der Waals surface area contributed by atoms with Crippen LogP contribution in [0.1, 0.15) is 35.8 Å². The number of aromatic nitrogens is 4. The minimum absolute atomic E-state index is 0. The highest BCUT2D eigenvalue weighted by Crippen LogP contribution is 2.35. The molecule has 0 amide bonds. The zero-order valence-corrected chi connectivity index (χ0v) is 15.0. The van der Waals surface area contributed by atoms with Crippen LogP contribution in [0.3, 0.4) is 0 Å². The Bertz CT molecular complexity index is 646. The third-order valence-electron chi connectivity index (χ3n) is 3.79. The summed E-state index contributed by atoms with van der Waals surface area (Å²) in [6, 6.07) is 4.17. The Morgan fingerprint density at radius 2 is 2.04 bits per heavy atom. The zero-order chi connectivity index (χ0) is 15.5. The molecule has 0 radical (unpaired) electrons. The lowest BCUT2D eigenvalue weighted by atomic mass is 9.78. The lowest BCUT2D eigenvalue weighted by molar-refractivity contribution is 0.181. The molecule has 0 unspecified atom stereocenters. The third kappa shape index (κ3) is 4.94. The van der Waals surface area contributed by atoms with Crippen molar-refractivity contribution in [3.63, 3.8) is 0 Å². The number of halogens is 2. The minimum atomic E-state index is 0. The second-order valence-electron chi connectivity index (χ2n) is 5.64. The first kappa shape index (κ1) is 20.4. The van der Waals surface area contributed by atoms with E-state index in [9.17, 15) is 0 Å². The Kier molecular flexibility index (Phi) is 7.68. The van der Waals surface area contributed by atoms with E-state index in [0.717, 1.165) is 29.9 Å². The smallest absolute Gasteiger partial charge is 0.222 e. The summed E-state index contributed by atoms with van der Waals surface area (Å²) >= 11 is 0. The van der Waals surface area contributed by atoms with Gasteiger partial charge in [-0.2, -0.15) is 10.1 Å². The summed E-state index contributed by atoms with van der Waals surface area (Å²) in [6.07, 6.45) is 1.91. The molecule has 6 N–H and O–H groups in total. The van der Waals surface area contributed by atoms with Gasteiger partial charge in [-0.15, -0.1) is 24.8 Å². The van der Waals surface area contributed by atoms with Crippen molar-refractivity contribution in [1.29, 1.82) is 0 Å². The van der Waals surface area contributed by atoms with Gasteiger partial charge in [0.15, 0.2) is 0 Å². The number of H-pyrrole nitrogens is 1. The molecule has 2 aromatic rings. The minimum Gasteiger partial charge on any atom is -0.378 e. The first-order valence-electron chi connectivity index (χ1n) is 7.30. The first-order chi connectivity index (χ1) is 10.6. The maximum atomic E-state index is 5.83. The lowest BCUT2D eigenvalue weighted by Gasteiger charge is -2.32. The topological polar surface area (TPSA) is 128 Å². The standard InChI is InChI=1S/C14H21N7O.2ClH/c1-22-7-11-4-10(20-21-11)6-17-13-5-12(18-14(16)19-13)8-2-9(15)3-8;;/h4-5,8-9H,2-3,6-7,15H2,1H3,(H,20,21)(H3,16,17,18,19);2*1H. The van der Waals surface area contributed by atoms with Crippen molar-refractivity contribution in [1.82, 2.24) is 20.2 Å². The molecule has 10 heteroatoms. The van der Waals surface area contributed by atoms with Crippen molar-refractivity contribution in [2.24, 2.45) is 5.73 Å². The van der Waals surface area contributed by atoms with E-state index in [1.54, 1.807) is 7.11 Å². The fourth-order valence-electron chi connectivity index (χ4n) is 2.60. The molecule has 2 heterocycles. The first-order valence-corrected chi connectivity index (χ1v) is 7.30. The van der Waals surface area contributed by atoms with Crippen LogP contribution in [0.15, 0.2) is 12.1 Å². The number of nitrogen functional groups attached to an aromatic ring is 1. The Morgan fingerprint density at radius 3 is 2.71 bits per heavy atom. The molecule has 134 valence electrons. The van der Waals surface area contributed by atoms with Crippen LogP contribution < -0.4 is 16.8 Å². The Hall–Kier alpha value is -1.61. The van der Waals surface area contributed by atoms with E-state index >= 15 is 0 Å². The van der Waals surface area contributed by atoms with Gasteiger partial charge >= 0.3 is 0 Å². The van der Waals surface area contributed by atoms with Gasteiger partial charge in [0, 0.05) is 25.1 Å². The molecular weight excluding hydrogens is 353 g/mol. The summed E-state index contributed by atoms with van der Waals surface area (Å²) in [5.74, 6) is 1.39. The second-order valence-corrected chi connectivity index (χ2v) is 5.64. The number of anilines is 2. The van der Waals surface area contributed by atoms with Crippen molar-refractivity contribution in [2.45, 2.75) is 38.0 Å². The van der Waals surface area contributed by atoms with E-state index in [-0.39, 0.29) is 36.8 Å². The molecule has 8 nitrogen and oxygen atoms in total. The summed E-state index contributed by atoms with van der Waals surface area (Å²) in [4.78, 5) is 8.53. The fourth-order valence-corrected chi connectivity index (χ4v) is 2.60. The quantitative estimate of drug-likeness (QED) is 0.603. The van der Waals surface area contributed by atoms with Crippen LogP contribution in [0.4, 0.5) is 11.8 Å². The molecular formula is C14H23Cl2N7O. The van der Waals surface area contributed by atoms with Crippen LogP contribution in [0.5, 0.6) is 0 Å². The largest absolute Gasteiger partial charge is 0.378 e. The van der Waals surface area contributed by atoms with Gasteiger partial charge < -0.3 is 21.5 Å². The highest BCUT2D eigenvalue weighted by molar-refractivity contribution is 5.85. The number of rotatable bonds is 6. The number of nitrogens with one attached hydrogen (secondary N) is 2. The lowest BCUT2D eigenvalue weighted by Crippen LogP contribution is -2.35. The molecule has 0 aromatic carbocycles. The summed E-state index contributed by atoms with van der Waals surface area (Å²) in [5, 5.41) is 10.3. The highest BCUT2D eigenvalue weighted by Gasteiger charge is 2.29. The van der Waals surface area contributed by atoms with E-state index < -0.39 is 0 Å². The highest BCUT2D eigenvalue weighted by atomic mass is 35.5. The van der Waals surface area contributed by atoms with Crippen molar-refractivity contribution in [2.75, 3.05) is 18.2 Å². The van der Waals surface area contributed by atoms with E-state index in [0.29, 0.717) is 24.9 Å². The molecule has 0 spiro atoms. The molecule has 2 aromatic heterocycles. The molecule has 1 fully saturated rings. The van der Waals surface area contributed by atoms with Gasteiger partial charge in [-0.05, 0) is 18.9 Å². The number of nitrogens with two attached hydrogens (primary N) is 2. The molecule has 0 saturated heterocycles. The van der Waals surface area contributed by atoms with Crippen molar-refractivity contribution in [3.05, 3.63) is 29.2 Å². The Balaban J connectivity index is 0.00000144. The maximum Gasteiger partial charge on any atom is 0.222 e. The molecule has 1 aliphatic rings. The normalized spacial score (nSPS) is 18.9. The van der Waals surface area contributed by atoms with Crippen LogP contribution in [0.2, 0.25) is 0 Å². The fraction of sp³-hybridized carbons (Fsp3) is 0.500. The van der Waals surface area contributed by atoms with Crippen LogP contribution in [0.25, 0.3) is 0 Å². The number of aromatic amines is 1. The summed E-state index contributed by atoms with van der Waals surface area (Å²) < 4.78 is 5.04. The predicted octanol–water partition coefficient (Wildman–Crippen LogP) is 1.59. The zero-order valence-electron chi connectivity index (χ0n) is 13.4. The van der Waals surface area contributed by atoms with Crippen LogP contribution in [-0.2, 0) is 17.9 Å².